The van der Waals surface area contributed by atoms with Crippen molar-refractivity contribution in [2.24, 2.45) is 0 Å². The third-order valence-corrected chi connectivity index (χ3v) is 3.79. The van der Waals surface area contributed by atoms with Crippen molar-refractivity contribution < 1.29 is 9.59 Å². The summed E-state index contributed by atoms with van der Waals surface area (Å²) in [7, 11) is 0. The topological polar surface area (TPSA) is 49.4 Å². The second kappa shape index (κ2) is 6.75. The van der Waals surface area contributed by atoms with E-state index in [1.165, 1.54) is 0 Å². The van der Waals surface area contributed by atoms with Crippen molar-refractivity contribution in [1.82, 2.24) is 10.2 Å². The number of carbonyl (C=O) groups excluding carboxylic acids is 2. The van der Waals surface area contributed by atoms with Crippen molar-refractivity contribution in [3.8, 4) is 0 Å². The number of carbonyl (C=O) groups is 2. The molecule has 1 N–H and O–H groups in total. The minimum atomic E-state index is 0.00791. The van der Waals surface area contributed by atoms with Gasteiger partial charge in [0, 0.05) is 31.1 Å². The summed E-state index contributed by atoms with van der Waals surface area (Å²) in [5.74, 6) is 0.113. The molecule has 5 heteroatoms. The number of rotatable bonds is 3. The van der Waals surface area contributed by atoms with Gasteiger partial charge in [-0.3, -0.25) is 9.59 Å². The summed E-state index contributed by atoms with van der Waals surface area (Å²) in [6.07, 6.45) is 1.98. The molecule has 0 unspecified atom stereocenters. The molecule has 0 aromatic heterocycles. The molecule has 1 saturated heterocycles. The maximum absolute atomic E-state index is 12.0. The zero-order valence-corrected chi connectivity index (χ0v) is 12.3. The lowest BCUT2D eigenvalue weighted by atomic mass is 10.0. The third-order valence-electron chi connectivity index (χ3n) is 3.56. The highest BCUT2D eigenvalue weighted by Gasteiger charge is 2.21. The second-order valence-electron chi connectivity index (χ2n) is 5.15. The Kier molecular flexibility index (Phi) is 5.01. The lowest BCUT2D eigenvalue weighted by molar-refractivity contribution is -0.130. The van der Waals surface area contributed by atoms with Crippen LogP contribution in [0.25, 0.3) is 0 Å². The molecule has 0 bridgehead atoms. The van der Waals surface area contributed by atoms with Crippen molar-refractivity contribution in [1.29, 1.82) is 0 Å². The number of nitrogens with one attached hydrogen (secondary N) is 1. The predicted molar refractivity (Wildman–Crippen MR) is 78.6 cm³/mol. The van der Waals surface area contributed by atoms with Crippen molar-refractivity contribution in [2.75, 3.05) is 13.1 Å². The van der Waals surface area contributed by atoms with E-state index in [9.17, 15) is 9.59 Å². The Balaban J connectivity index is 1.80. The van der Waals surface area contributed by atoms with Gasteiger partial charge in [-0.1, -0.05) is 23.7 Å². The SMILES string of the molecule is CC(=O)N1CCC(NC(=O)Cc2cccc(Cl)c2)CC1. The van der Waals surface area contributed by atoms with Crippen LogP contribution in [0, 0.1) is 0 Å². The maximum Gasteiger partial charge on any atom is 0.224 e. The lowest BCUT2D eigenvalue weighted by Crippen LogP contribution is -2.46. The Bertz CT molecular complexity index is 496. The summed E-state index contributed by atoms with van der Waals surface area (Å²) in [6.45, 7) is 3.02. The molecule has 0 saturated carbocycles. The first-order valence-electron chi connectivity index (χ1n) is 6.84. The van der Waals surface area contributed by atoms with Crippen molar-refractivity contribution in [3.05, 3.63) is 34.9 Å². The van der Waals surface area contributed by atoms with Crippen LogP contribution < -0.4 is 5.32 Å². The largest absolute Gasteiger partial charge is 0.353 e. The van der Waals surface area contributed by atoms with Gasteiger partial charge in [0.05, 0.1) is 6.42 Å². The minimum Gasteiger partial charge on any atom is -0.353 e. The molecular weight excluding hydrogens is 276 g/mol. The molecule has 0 atom stereocenters. The first-order valence-corrected chi connectivity index (χ1v) is 7.21. The summed E-state index contributed by atoms with van der Waals surface area (Å²) in [5.41, 5.74) is 0.913. The fourth-order valence-corrected chi connectivity index (χ4v) is 2.66. The molecule has 1 aromatic carbocycles. The Morgan fingerprint density at radius 3 is 2.65 bits per heavy atom. The van der Waals surface area contributed by atoms with E-state index < -0.39 is 0 Å². The average molecular weight is 295 g/mol. The van der Waals surface area contributed by atoms with Crippen LogP contribution in [-0.4, -0.2) is 35.8 Å². The van der Waals surface area contributed by atoms with Gasteiger partial charge in [0.1, 0.15) is 0 Å². The summed E-state index contributed by atoms with van der Waals surface area (Å²) in [4.78, 5) is 25.0. The maximum atomic E-state index is 12.0. The van der Waals surface area contributed by atoms with Crippen LogP contribution in [-0.2, 0) is 16.0 Å². The molecule has 20 heavy (non-hydrogen) atoms. The number of piperidine rings is 1. The number of halogens is 1. The number of benzene rings is 1. The highest BCUT2D eigenvalue weighted by molar-refractivity contribution is 6.30. The minimum absolute atomic E-state index is 0.00791. The van der Waals surface area contributed by atoms with Crippen molar-refractivity contribution >= 4 is 23.4 Å². The highest BCUT2D eigenvalue weighted by atomic mass is 35.5. The predicted octanol–water partition coefficient (Wildman–Crippen LogP) is 2.01. The molecule has 2 amide bonds. The van der Waals surface area contributed by atoms with E-state index in [-0.39, 0.29) is 17.9 Å². The molecule has 0 aliphatic carbocycles. The van der Waals surface area contributed by atoms with Crippen LogP contribution in [0.3, 0.4) is 0 Å². The van der Waals surface area contributed by atoms with Gasteiger partial charge in [0.15, 0.2) is 0 Å². The molecule has 1 aliphatic rings. The lowest BCUT2D eigenvalue weighted by Gasteiger charge is -2.31. The summed E-state index contributed by atoms with van der Waals surface area (Å²) < 4.78 is 0. The van der Waals surface area contributed by atoms with Crippen LogP contribution in [0.15, 0.2) is 24.3 Å². The third kappa shape index (κ3) is 4.23. The standard InChI is InChI=1S/C15H19ClN2O2/c1-11(19)18-7-5-14(6-8-18)17-15(20)10-12-3-2-4-13(16)9-12/h2-4,9,14H,5-8,10H2,1H3,(H,17,20). The van der Waals surface area contributed by atoms with Gasteiger partial charge in [0.2, 0.25) is 11.8 Å². The molecule has 0 radical (unpaired) electrons. The molecule has 0 spiro atoms. The summed E-state index contributed by atoms with van der Waals surface area (Å²) in [6, 6.07) is 7.50. The zero-order valence-electron chi connectivity index (χ0n) is 11.6. The molecule has 1 fully saturated rings. The molecule has 1 aliphatic heterocycles. The molecule has 1 aromatic rings. The monoisotopic (exact) mass is 294 g/mol. The van der Waals surface area contributed by atoms with E-state index in [0.29, 0.717) is 11.4 Å². The van der Waals surface area contributed by atoms with Gasteiger partial charge in [-0.2, -0.15) is 0 Å². The second-order valence-corrected chi connectivity index (χ2v) is 5.59. The van der Waals surface area contributed by atoms with Crippen LogP contribution in [0.2, 0.25) is 5.02 Å². The van der Waals surface area contributed by atoms with Crippen LogP contribution in [0.4, 0.5) is 0 Å². The molecule has 108 valence electrons. The first kappa shape index (κ1) is 14.9. The molecule has 4 nitrogen and oxygen atoms in total. The van der Waals surface area contributed by atoms with E-state index in [1.807, 2.05) is 17.0 Å². The van der Waals surface area contributed by atoms with Crippen LogP contribution in [0.1, 0.15) is 25.3 Å². The van der Waals surface area contributed by atoms with Gasteiger partial charge in [-0.05, 0) is 30.5 Å². The first-order chi connectivity index (χ1) is 9.54. The van der Waals surface area contributed by atoms with E-state index in [2.05, 4.69) is 5.32 Å². The molecule has 2 rings (SSSR count). The van der Waals surface area contributed by atoms with Gasteiger partial charge >= 0.3 is 0 Å². The van der Waals surface area contributed by atoms with E-state index >= 15 is 0 Å². The Morgan fingerprint density at radius 2 is 2.05 bits per heavy atom. The number of hydrogen-bond acceptors (Lipinski definition) is 2. The Hall–Kier alpha value is -1.55. The van der Waals surface area contributed by atoms with E-state index in [1.54, 1.807) is 19.1 Å². The molecular formula is C15H19ClN2O2. The number of likely N-dealkylation sites (tertiary alicyclic amines) is 1. The smallest absolute Gasteiger partial charge is 0.224 e. The quantitative estimate of drug-likeness (QED) is 0.927. The average Bonchev–Trinajstić information content (AvgIpc) is 2.39. The normalized spacial score (nSPS) is 16.0. The number of hydrogen-bond donors (Lipinski definition) is 1. The Labute approximate surface area is 124 Å². The van der Waals surface area contributed by atoms with Crippen LogP contribution in [0.5, 0.6) is 0 Å². The van der Waals surface area contributed by atoms with Crippen molar-refractivity contribution in [3.63, 3.8) is 0 Å². The fourth-order valence-electron chi connectivity index (χ4n) is 2.45. The van der Waals surface area contributed by atoms with Gasteiger partial charge in [0.25, 0.3) is 0 Å². The molecule has 1 heterocycles. The number of nitrogens with zero attached hydrogens (tertiary/aromatic N) is 1. The number of amides is 2. The van der Waals surface area contributed by atoms with Gasteiger partial charge in [-0.15, -0.1) is 0 Å². The summed E-state index contributed by atoms with van der Waals surface area (Å²) in [5, 5.41) is 3.67. The fraction of sp³-hybridized carbons (Fsp3) is 0.467. The van der Waals surface area contributed by atoms with Gasteiger partial charge in [-0.25, -0.2) is 0 Å². The van der Waals surface area contributed by atoms with E-state index in [0.717, 1.165) is 31.5 Å². The van der Waals surface area contributed by atoms with E-state index in [4.69, 9.17) is 11.6 Å². The zero-order chi connectivity index (χ0) is 14.5. The van der Waals surface area contributed by atoms with Gasteiger partial charge < -0.3 is 10.2 Å². The van der Waals surface area contributed by atoms with Crippen molar-refractivity contribution in [2.45, 2.75) is 32.2 Å². The Morgan fingerprint density at radius 1 is 1.35 bits per heavy atom. The van der Waals surface area contributed by atoms with Crippen LogP contribution >= 0.6 is 11.6 Å². The highest BCUT2D eigenvalue weighted by Crippen LogP contribution is 2.13. The summed E-state index contributed by atoms with van der Waals surface area (Å²) >= 11 is 5.90.